The van der Waals surface area contributed by atoms with Gasteiger partial charge in [-0.05, 0) is 20.1 Å². The highest BCUT2D eigenvalue weighted by molar-refractivity contribution is 7.98. The number of allylic oxidation sites excluding steroid dienone is 1. The van der Waals surface area contributed by atoms with Gasteiger partial charge in [0.05, 0.1) is 18.9 Å². The smallest absolute Gasteiger partial charge is 0.338 e. The van der Waals surface area contributed by atoms with E-state index in [1.54, 1.807) is 10.9 Å². The maximum absolute atomic E-state index is 12.3. The number of ether oxygens (including phenoxy) is 1. The molecule has 1 unspecified atom stereocenters. The molecule has 1 aliphatic heterocycles. The first-order valence-corrected chi connectivity index (χ1v) is 8.40. The van der Waals surface area contributed by atoms with Crippen LogP contribution >= 0.6 is 11.8 Å². The van der Waals surface area contributed by atoms with Crippen LogP contribution < -0.4 is 5.32 Å². The van der Waals surface area contributed by atoms with Crippen LogP contribution in [0.4, 0.5) is 5.95 Å². The molecule has 8 nitrogen and oxygen atoms in total. The molecule has 2 aromatic rings. The fourth-order valence-electron chi connectivity index (χ4n) is 2.59. The zero-order chi connectivity index (χ0) is 16.6. The van der Waals surface area contributed by atoms with Crippen LogP contribution in [0.3, 0.4) is 0 Å². The maximum atomic E-state index is 12.3. The van der Waals surface area contributed by atoms with E-state index in [-0.39, 0.29) is 0 Å². The first-order valence-electron chi connectivity index (χ1n) is 7.18. The summed E-state index contributed by atoms with van der Waals surface area (Å²) in [6.45, 7) is 4.59. The van der Waals surface area contributed by atoms with E-state index >= 15 is 0 Å². The van der Waals surface area contributed by atoms with Gasteiger partial charge in [-0.1, -0.05) is 11.8 Å². The van der Waals surface area contributed by atoms with Crippen molar-refractivity contribution in [2.75, 3.05) is 18.7 Å². The van der Waals surface area contributed by atoms with Crippen LogP contribution in [0.15, 0.2) is 28.8 Å². The molecule has 0 radical (unpaired) electrons. The zero-order valence-corrected chi connectivity index (χ0v) is 14.2. The number of aromatic nitrogens is 5. The van der Waals surface area contributed by atoms with Crippen molar-refractivity contribution in [1.29, 1.82) is 0 Å². The van der Waals surface area contributed by atoms with E-state index in [1.807, 2.05) is 31.0 Å². The lowest BCUT2D eigenvalue weighted by atomic mass is 9.98. The number of carbonyl (C=O) groups is 1. The summed E-state index contributed by atoms with van der Waals surface area (Å²) in [5.74, 6) is 0.213. The average molecular weight is 334 g/mol. The van der Waals surface area contributed by atoms with Gasteiger partial charge in [-0.25, -0.2) is 9.48 Å². The lowest BCUT2D eigenvalue weighted by molar-refractivity contribution is -0.136. The minimum Gasteiger partial charge on any atom is -0.466 e. The molecule has 0 spiro atoms. The molecular formula is C14H18N6O2S. The van der Waals surface area contributed by atoms with Crippen LogP contribution in [0.5, 0.6) is 0 Å². The predicted octanol–water partition coefficient (Wildman–Crippen LogP) is 1.68. The molecule has 0 amide bonds. The number of aryl methyl sites for hydroxylation is 1. The molecule has 3 heterocycles. The molecule has 0 saturated heterocycles. The molecule has 2 aromatic heterocycles. The standard InChI is InChI=1S/C14H18N6O2S/c1-5-19-7-9(6-15-19)11-10(12(21)22-3)8(2)16-13-17-14(23-4)18-20(11)13/h6-7,11H,5H2,1-4H3,(H,16,17,18). The van der Waals surface area contributed by atoms with E-state index in [4.69, 9.17) is 4.74 Å². The molecule has 1 atom stereocenters. The van der Waals surface area contributed by atoms with Crippen molar-refractivity contribution >= 4 is 23.7 Å². The van der Waals surface area contributed by atoms with Crippen LogP contribution in [0, 0.1) is 0 Å². The van der Waals surface area contributed by atoms with E-state index in [0.717, 1.165) is 12.1 Å². The van der Waals surface area contributed by atoms with Crippen molar-refractivity contribution in [2.24, 2.45) is 0 Å². The number of hydrogen-bond acceptors (Lipinski definition) is 7. The second-order valence-corrected chi connectivity index (χ2v) is 5.83. The Morgan fingerprint density at radius 1 is 1.52 bits per heavy atom. The molecule has 0 saturated carbocycles. The first-order chi connectivity index (χ1) is 11.1. The van der Waals surface area contributed by atoms with Crippen molar-refractivity contribution in [3.05, 3.63) is 29.2 Å². The topological polar surface area (TPSA) is 86.9 Å². The summed E-state index contributed by atoms with van der Waals surface area (Å²) in [6.07, 6.45) is 5.57. The summed E-state index contributed by atoms with van der Waals surface area (Å²) < 4.78 is 8.49. The highest BCUT2D eigenvalue weighted by atomic mass is 32.2. The van der Waals surface area contributed by atoms with Gasteiger partial charge in [-0.2, -0.15) is 10.1 Å². The monoisotopic (exact) mass is 334 g/mol. The quantitative estimate of drug-likeness (QED) is 0.672. The van der Waals surface area contributed by atoms with Crippen LogP contribution in [0.2, 0.25) is 0 Å². The third kappa shape index (κ3) is 2.61. The molecule has 0 aliphatic carbocycles. The van der Waals surface area contributed by atoms with Gasteiger partial charge < -0.3 is 10.1 Å². The second kappa shape index (κ2) is 6.07. The second-order valence-electron chi connectivity index (χ2n) is 5.05. The minimum atomic E-state index is -0.410. The fraction of sp³-hybridized carbons (Fsp3) is 0.429. The van der Waals surface area contributed by atoms with Gasteiger partial charge >= 0.3 is 5.97 Å². The van der Waals surface area contributed by atoms with E-state index < -0.39 is 12.0 Å². The number of methoxy groups -OCH3 is 1. The Labute approximate surface area is 137 Å². The number of thioether (sulfide) groups is 1. The van der Waals surface area contributed by atoms with Crippen LogP contribution in [0.1, 0.15) is 25.5 Å². The number of esters is 1. The van der Waals surface area contributed by atoms with Crippen LogP contribution in [-0.4, -0.2) is 43.9 Å². The molecule has 0 aromatic carbocycles. The summed E-state index contributed by atoms with van der Waals surface area (Å²) in [5, 5.41) is 12.6. The molecule has 1 aliphatic rings. The van der Waals surface area contributed by atoms with Gasteiger partial charge in [0, 0.05) is 24.0 Å². The van der Waals surface area contributed by atoms with Gasteiger partial charge in [0.2, 0.25) is 11.1 Å². The summed E-state index contributed by atoms with van der Waals surface area (Å²) >= 11 is 1.45. The SMILES string of the molecule is CCn1cc(C2C(C(=O)OC)=C(C)Nc3nc(SC)nn32)cn1. The Morgan fingerprint density at radius 2 is 2.30 bits per heavy atom. The first kappa shape index (κ1) is 15.6. The van der Waals surface area contributed by atoms with Crippen molar-refractivity contribution < 1.29 is 9.53 Å². The van der Waals surface area contributed by atoms with Crippen LogP contribution in [-0.2, 0) is 16.1 Å². The van der Waals surface area contributed by atoms with Gasteiger partial charge in [0.25, 0.3) is 0 Å². The average Bonchev–Trinajstić information content (AvgIpc) is 3.18. The molecule has 23 heavy (non-hydrogen) atoms. The van der Waals surface area contributed by atoms with Gasteiger partial charge in [-0.3, -0.25) is 4.68 Å². The Kier molecular flexibility index (Phi) is 4.12. The minimum absolute atomic E-state index is 0.392. The Bertz CT molecular complexity index is 778. The largest absolute Gasteiger partial charge is 0.466 e. The normalized spacial score (nSPS) is 17.0. The summed E-state index contributed by atoms with van der Waals surface area (Å²) in [7, 11) is 1.37. The van der Waals surface area contributed by atoms with Crippen molar-refractivity contribution in [3.63, 3.8) is 0 Å². The number of nitrogens with one attached hydrogen (secondary N) is 1. The lowest BCUT2D eigenvalue weighted by Crippen LogP contribution is -2.29. The highest BCUT2D eigenvalue weighted by Crippen LogP contribution is 2.36. The van der Waals surface area contributed by atoms with Crippen LogP contribution in [0.25, 0.3) is 0 Å². The third-order valence-corrected chi connectivity index (χ3v) is 4.25. The lowest BCUT2D eigenvalue weighted by Gasteiger charge is -2.26. The van der Waals surface area contributed by atoms with E-state index in [2.05, 4.69) is 20.5 Å². The third-order valence-electron chi connectivity index (χ3n) is 3.71. The molecule has 3 rings (SSSR count). The molecule has 1 N–H and O–H groups in total. The Morgan fingerprint density at radius 3 is 2.91 bits per heavy atom. The van der Waals surface area contributed by atoms with Crippen molar-refractivity contribution in [1.82, 2.24) is 24.5 Å². The van der Waals surface area contributed by atoms with E-state index in [9.17, 15) is 4.79 Å². The number of nitrogens with zero attached hydrogens (tertiary/aromatic N) is 5. The number of carbonyl (C=O) groups excluding carboxylic acids is 1. The van der Waals surface area contributed by atoms with Gasteiger partial charge in [0.15, 0.2) is 0 Å². The number of anilines is 1. The van der Waals surface area contributed by atoms with E-state index in [1.165, 1.54) is 18.9 Å². The number of fused-ring (bicyclic) bond motifs is 1. The summed E-state index contributed by atoms with van der Waals surface area (Å²) in [5.41, 5.74) is 2.08. The zero-order valence-electron chi connectivity index (χ0n) is 13.4. The highest BCUT2D eigenvalue weighted by Gasteiger charge is 2.35. The molecule has 9 heteroatoms. The van der Waals surface area contributed by atoms with Crippen molar-refractivity contribution in [3.8, 4) is 0 Å². The predicted molar refractivity (Wildman–Crippen MR) is 86.2 cm³/mol. The summed E-state index contributed by atoms with van der Waals surface area (Å²) in [6, 6.07) is -0.410. The van der Waals surface area contributed by atoms with Gasteiger partial charge in [-0.15, -0.1) is 5.10 Å². The summed E-state index contributed by atoms with van der Waals surface area (Å²) in [4.78, 5) is 16.7. The van der Waals surface area contributed by atoms with Crippen molar-refractivity contribution in [2.45, 2.75) is 31.6 Å². The van der Waals surface area contributed by atoms with Gasteiger partial charge in [0.1, 0.15) is 6.04 Å². The van der Waals surface area contributed by atoms with E-state index in [0.29, 0.717) is 22.4 Å². The molecule has 0 bridgehead atoms. The number of rotatable bonds is 4. The molecule has 0 fully saturated rings. The molecular weight excluding hydrogens is 316 g/mol. The Hall–Kier alpha value is -2.29. The molecule has 122 valence electrons. The Balaban J connectivity index is 2.16. The fourth-order valence-corrected chi connectivity index (χ4v) is 2.94. The maximum Gasteiger partial charge on any atom is 0.338 e. The number of hydrogen-bond donors (Lipinski definition) is 1.